The molecule has 0 radical (unpaired) electrons. The first-order valence-corrected chi connectivity index (χ1v) is 9.05. The van der Waals surface area contributed by atoms with E-state index in [2.05, 4.69) is 29.3 Å². The van der Waals surface area contributed by atoms with Gasteiger partial charge in [-0.3, -0.25) is 0 Å². The average Bonchev–Trinajstić information content (AvgIpc) is 3.00. The van der Waals surface area contributed by atoms with Crippen LogP contribution in [0.4, 0.5) is 5.69 Å². The first kappa shape index (κ1) is 14.8. The number of aromatic nitrogens is 2. The van der Waals surface area contributed by atoms with Gasteiger partial charge in [0.15, 0.2) is 5.82 Å². The molecule has 3 unspecified atom stereocenters. The van der Waals surface area contributed by atoms with Gasteiger partial charge in [0.25, 0.3) is 5.89 Å². The number of nitrogens with one attached hydrogen (secondary N) is 1. The smallest absolute Gasteiger partial charge is 0.257 e. The predicted molar refractivity (Wildman–Crippen MR) is 91.0 cm³/mol. The molecule has 21 heavy (non-hydrogen) atoms. The quantitative estimate of drug-likeness (QED) is 0.919. The van der Waals surface area contributed by atoms with E-state index in [1.807, 2.05) is 54.8 Å². The Morgan fingerprint density at radius 3 is 2.62 bits per heavy atom. The first-order valence-electron chi connectivity index (χ1n) is 7.06. The number of nitrogens with zero attached hydrogens (tertiary/aromatic N) is 2. The second-order valence-corrected chi connectivity index (χ2v) is 8.15. The lowest BCUT2D eigenvalue weighted by atomic mass is 10.2. The lowest BCUT2D eigenvalue weighted by Gasteiger charge is -2.29. The second kappa shape index (κ2) is 6.32. The molecule has 4 nitrogen and oxygen atoms in total. The molecule has 0 spiro atoms. The van der Waals surface area contributed by atoms with Crippen molar-refractivity contribution in [3.05, 3.63) is 30.1 Å². The molecule has 1 aliphatic heterocycles. The minimum atomic E-state index is 0.329. The third-order valence-electron chi connectivity index (χ3n) is 3.70. The standard InChI is InChI=1S/C15H19N3OS2/c1-9-10(2)21-13(8-20-9)14-17-15(19-18-14)11-4-6-12(16-3)7-5-11/h4-7,9-10,13,16H,8H2,1-3H3. The highest BCUT2D eigenvalue weighted by Crippen LogP contribution is 2.43. The number of thioether (sulfide) groups is 2. The maximum absolute atomic E-state index is 5.44. The van der Waals surface area contributed by atoms with Crippen LogP contribution in [0.3, 0.4) is 0 Å². The number of benzene rings is 1. The zero-order valence-electron chi connectivity index (χ0n) is 12.4. The molecule has 1 fully saturated rings. The highest BCUT2D eigenvalue weighted by Gasteiger charge is 2.29. The highest BCUT2D eigenvalue weighted by molar-refractivity contribution is 8.07. The van der Waals surface area contributed by atoms with Gasteiger partial charge < -0.3 is 9.84 Å². The molecule has 1 aromatic heterocycles. The average molecular weight is 321 g/mol. The van der Waals surface area contributed by atoms with Gasteiger partial charge in [-0.05, 0) is 24.3 Å². The van der Waals surface area contributed by atoms with Crippen molar-refractivity contribution >= 4 is 29.2 Å². The van der Waals surface area contributed by atoms with Crippen molar-refractivity contribution in [3.8, 4) is 11.5 Å². The maximum atomic E-state index is 5.44. The van der Waals surface area contributed by atoms with E-state index >= 15 is 0 Å². The van der Waals surface area contributed by atoms with Gasteiger partial charge in [-0.1, -0.05) is 19.0 Å². The van der Waals surface area contributed by atoms with Gasteiger partial charge in [0, 0.05) is 34.6 Å². The Morgan fingerprint density at radius 1 is 1.19 bits per heavy atom. The molecule has 112 valence electrons. The molecule has 1 saturated heterocycles. The highest BCUT2D eigenvalue weighted by atomic mass is 32.2. The van der Waals surface area contributed by atoms with E-state index in [0.717, 1.165) is 22.8 Å². The van der Waals surface area contributed by atoms with E-state index in [0.29, 0.717) is 21.6 Å². The van der Waals surface area contributed by atoms with Crippen LogP contribution in [0.25, 0.3) is 11.5 Å². The summed E-state index contributed by atoms with van der Waals surface area (Å²) < 4.78 is 5.44. The predicted octanol–water partition coefficient (Wildman–Crippen LogP) is 4.08. The molecular formula is C15H19N3OS2. The fraction of sp³-hybridized carbons (Fsp3) is 0.467. The summed E-state index contributed by atoms with van der Waals surface area (Å²) in [5.41, 5.74) is 2.03. The van der Waals surface area contributed by atoms with Gasteiger partial charge in [-0.2, -0.15) is 16.7 Å². The summed E-state index contributed by atoms with van der Waals surface area (Å²) in [6.07, 6.45) is 0. The van der Waals surface area contributed by atoms with Crippen molar-refractivity contribution in [2.24, 2.45) is 0 Å². The lowest BCUT2D eigenvalue weighted by Crippen LogP contribution is -2.22. The zero-order valence-corrected chi connectivity index (χ0v) is 14.0. The Labute approximate surface area is 133 Å². The topological polar surface area (TPSA) is 51.0 Å². The fourth-order valence-electron chi connectivity index (χ4n) is 2.18. The van der Waals surface area contributed by atoms with Crippen molar-refractivity contribution in [2.75, 3.05) is 18.1 Å². The largest absolute Gasteiger partial charge is 0.388 e. The van der Waals surface area contributed by atoms with Crippen molar-refractivity contribution in [1.82, 2.24) is 10.1 Å². The molecule has 3 atom stereocenters. The molecule has 0 saturated carbocycles. The summed E-state index contributed by atoms with van der Waals surface area (Å²) in [5, 5.41) is 8.91. The van der Waals surface area contributed by atoms with Crippen LogP contribution >= 0.6 is 23.5 Å². The first-order chi connectivity index (χ1) is 10.2. The van der Waals surface area contributed by atoms with Gasteiger partial charge in [-0.25, -0.2) is 0 Å². The van der Waals surface area contributed by atoms with Crippen molar-refractivity contribution in [2.45, 2.75) is 29.6 Å². The van der Waals surface area contributed by atoms with Crippen LogP contribution in [0.5, 0.6) is 0 Å². The third kappa shape index (κ3) is 3.21. The Bertz CT molecular complexity index is 599. The van der Waals surface area contributed by atoms with E-state index in [9.17, 15) is 0 Å². The fourth-order valence-corrected chi connectivity index (χ4v) is 5.01. The van der Waals surface area contributed by atoms with Crippen LogP contribution < -0.4 is 5.32 Å². The monoisotopic (exact) mass is 321 g/mol. The van der Waals surface area contributed by atoms with Crippen LogP contribution in [-0.2, 0) is 0 Å². The molecular weight excluding hydrogens is 302 g/mol. The summed E-state index contributed by atoms with van der Waals surface area (Å²) in [6, 6.07) is 8.01. The summed E-state index contributed by atoms with van der Waals surface area (Å²) in [6.45, 7) is 4.55. The Balaban J connectivity index is 1.76. The molecule has 1 aliphatic rings. The minimum Gasteiger partial charge on any atom is -0.388 e. The Hall–Kier alpha value is -1.14. The van der Waals surface area contributed by atoms with Gasteiger partial charge in [0.2, 0.25) is 0 Å². The van der Waals surface area contributed by atoms with E-state index in [4.69, 9.17) is 4.52 Å². The molecule has 6 heteroatoms. The van der Waals surface area contributed by atoms with Gasteiger partial charge in [-0.15, -0.1) is 11.8 Å². The van der Waals surface area contributed by atoms with Crippen molar-refractivity contribution in [1.29, 1.82) is 0 Å². The van der Waals surface area contributed by atoms with Crippen LogP contribution in [0.15, 0.2) is 28.8 Å². The summed E-state index contributed by atoms with van der Waals surface area (Å²) in [4.78, 5) is 4.59. The maximum Gasteiger partial charge on any atom is 0.257 e. The summed E-state index contributed by atoms with van der Waals surface area (Å²) in [7, 11) is 1.90. The van der Waals surface area contributed by atoms with Crippen LogP contribution in [0, 0.1) is 0 Å². The number of rotatable bonds is 3. The van der Waals surface area contributed by atoms with Crippen molar-refractivity contribution in [3.63, 3.8) is 0 Å². The SMILES string of the molecule is CNc1ccc(-c2nc(C3CSC(C)C(C)S3)no2)cc1. The molecule has 0 bridgehead atoms. The second-order valence-electron chi connectivity index (χ2n) is 5.15. The molecule has 2 heterocycles. The van der Waals surface area contributed by atoms with Crippen LogP contribution in [0.2, 0.25) is 0 Å². The van der Waals surface area contributed by atoms with E-state index < -0.39 is 0 Å². The molecule has 0 aliphatic carbocycles. The summed E-state index contributed by atoms with van der Waals surface area (Å²) >= 11 is 3.93. The lowest BCUT2D eigenvalue weighted by molar-refractivity contribution is 0.423. The van der Waals surface area contributed by atoms with Crippen LogP contribution in [0.1, 0.15) is 24.9 Å². The molecule has 2 aromatic rings. The Kier molecular flexibility index (Phi) is 4.45. The number of hydrogen-bond acceptors (Lipinski definition) is 6. The van der Waals surface area contributed by atoms with Crippen LogP contribution in [-0.4, -0.2) is 33.4 Å². The normalized spacial score (nSPS) is 25.8. The van der Waals surface area contributed by atoms with E-state index in [1.54, 1.807) is 0 Å². The third-order valence-corrected chi connectivity index (χ3v) is 7.09. The van der Waals surface area contributed by atoms with Gasteiger partial charge in [0.05, 0.1) is 5.25 Å². The van der Waals surface area contributed by atoms with Gasteiger partial charge in [0.1, 0.15) is 0 Å². The molecule has 1 aromatic carbocycles. The molecule has 3 rings (SSSR count). The van der Waals surface area contributed by atoms with E-state index in [-0.39, 0.29) is 0 Å². The van der Waals surface area contributed by atoms with Gasteiger partial charge >= 0.3 is 0 Å². The van der Waals surface area contributed by atoms with Crippen molar-refractivity contribution < 1.29 is 4.52 Å². The van der Waals surface area contributed by atoms with E-state index in [1.165, 1.54) is 0 Å². The zero-order chi connectivity index (χ0) is 14.8. The minimum absolute atomic E-state index is 0.329. The summed E-state index contributed by atoms with van der Waals surface area (Å²) in [5.74, 6) is 2.47. The Morgan fingerprint density at radius 2 is 1.95 bits per heavy atom. The molecule has 1 N–H and O–H groups in total. The number of anilines is 1. The number of hydrogen-bond donors (Lipinski definition) is 1. The molecule has 0 amide bonds.